The SMILES string of the molecule is COC1CC(C)C(C(C)C)C1. The normalized spacial score (nSPS) is 38.5. The van der Waals surface area contributed by atoms with Crippen LogP contribution < -0.4 is 0 Å². The van der Waals surface area contributed by atoms with Crippen molar-refractivity contribution in [3.8, 4) is 0 Å². The zero-order valence-corrected chi connectivity index (χ0v) is 8.13. The molecule has 0 aromatic rings. The number of rotatable bonds is 2. The van der Waals surface area contributed by atoms with Gasteiger partial charge < -0.3 is 4.74 Å². The van der Waals surface area contributed by atoms with Crippen LogP contribution in [0.2, 0.25) is 0 Å². The second-order valence-electron chi connectivity index (χ2n) is 4.21. The van der Waals surface area contributed by atoms with Gasteiger partial charge in [-0.25, -0.2) is 0 Å². The molecule has 0 aliphatic heterocycles. The lowest BCUT2D eigenvalue weighted by Crippen LogP contribution is -2.11. The molecule has 0 aromatic carbocycles. The van der Waals surface area contributed by atoms with Gasteiger partial charge in [0.1, 0.15) is 0 Å². The minimum absolute atomic E-state index is 0.539. The van der Waals surface area contributed by atoms with Crippen molar-refractivity contribution < 1.29 is 4.74 Å². The van der Waals surface area contributed by atoms with Crippen LogP contribution in [0, 0.1) is 17.8 Å². The van der Waals surface area contributed by atoms with E-state index in [0.717, 1.165) is 17.8 Å². The molecule has 0 saturated heterocycles. The fraction of sp³-hybridized carbons (Fsp3) is 1.00. The molecule has 0 bridgehead atoms. The summed E-state index contributed by atoms with van der Waals surface area (Å²) in [4.78, 5) is 0. The summed E-state index contributed by atoms with van der Waals surface area (Å²) in [6.45, 7) is 6.99. The lowest BCUT2D eigenvalue weighted by molar-refractivity contribution is 0.102. The quantitative estimate of drug-likeness (QED) is 0.597. The van der Waals surface area contributed by atoms with E-state index < -0.39 is 0 Å². The van der Waals surface area contributed by atoms with Crippen molar-refractivity contribution in [2.24, 2.45) is 17.8 Å². The topological polar surface area (TPSA) is 9.23 Å². The van der Waals surface area contributed by atoms with E-state index in [4.69, 9.17) is 4.74 Å². The van der Waals surface area contributed by atoms with E-state index in [0.29, 0.717) is 6.10 Å². The Bertz CT molecular complexity index is 120. The number of hydrogen-bond acceptors (Lipinski definition) is 1. The predicted octanol–water partition coefficient (Wildman–Crippen LogP) is 2.70. The van der Waals surface area contributed by atoms with Gasteiger partial charge in [-0.15, -0.1) is 0 Å². The van der Waals surface area contributed by atoms with Crippen molar-refractivity contribution in [3.63, 3.8) is 0 Å². The summed E-state index contributed by atoms with van der Waals surface area (Å²) in [7, 11) is 1.83. The molecule has 0 N–H and O–H groups in total. The minimum Gasteiger partial charge on any atom is -0.381 e. The Balaban J connectivity index is 2.45. The van der Waals surface area contributed by atoms with Crippen LogP contribution >= 0.6 is 0 Å². The molecule has 1 rings (SSSR count). The van der Waals surface area contributed by atoms with Gasteiger partial charge in [-0.05, 0) is 30.6 Å². The average Bonchev–Trinajstić information content (AvgIpc) is 2.30. The predicted molar refractivity (Wildman–Crippen MR) is 47.5 cm³/mol. The number of ether oxygens (including phenoxy) is 1. The zero-order valence-electron chi connectivity index (χ0n) is 8.13. The van der Waals surface area contributed by atoms with Gasteiger partial charge in [0.15, 0.2) is 0 Å². The van der Waals surface area contributed by atoms with E-state index in [1.54, 1.807) is 0 Å². The molecule has 0 spiro atoms. The summed E-state index contributed by atoms with van der Waals surface area (Å²) >= 11 is 0. The second kappa shape index (κ2) is 3.57. The molecule has 1 aliphatic rings. The van der Waals surface area contributed by atoms with Crippen molar-refractivity contribution in [1.82, 2.24) is 0 Å². The van der Waals surface area contributed by atoms with Crippen molar-refractivity contribution in [2.45, 2.75) is 39.7 Å². The van der Waals surface area contributed by atoms with E-state index in [2.05, 4.69) is 20.8 Å². The largest absolute Gasteiger partial charge is 0.381 e. The van der Waals surface area contributed by atoms with Crippen LogP contribution in [0.25, 0.3) is 0 Å². The molecule has 1 saturated carbocycles. The van der Waals surface area contributed by atoms with Crippen molar-refractivity contribution in [2.75, 3.05) is 7.11 Å². The summed E-state index contributed by atoms with van der Waals surface area (Å²) in [5.41, 5.74) is 0. The van der Waals surface area contributed by atoms with Gasteiger partial charge in [0.25, 0.3) is 0 Å². The van der Waals surface area contributed by atoms with Crippen LogP contribution in [0.15, 0.2) is 0 Å². The molecule has 1 aliphatic carbocycles. The first-order valence-electron chi connectivity index (χ1n) is 4.68. The van der Waals surface area contributed by atoms with E-state index in [-0.39, 0.29) is 0 Å². The third-order valence-electron chi connectivity index (χ3n) is 3.09. The lowest BCUT2D eigenvalue weighted by atomic mass is 9.87. The van der Waals surface area contributed by atoms with Crippen LogP contribution in [-0.2, 0) is 4.74 Å². The zero-order chi connectivity index (χ0) is 8.43. The Morgan fingerprint density at radius 2 is 1.91 bits per heavy atom. The van der Waals surface area contributed by atoms with Gasteiger partial charge in [-0.1, -0.05) is 20.8 Å². The smallest absolute Gasteiger partial charge is 0.0576 e. The Hall–Kier alpha value is -0.0400. The molecular weight excluding hydrogens is 136 g/mol. The van der Waals surface area contributed by atoms with E-state index >= 15 is 0 Å². The first-order chi connectivity index (χ1) is 5.15. The molecule has 1 heteroatoms. The first kappa shape index (κ1) is 9.05. The van der Waals surface area contributed by atoms with Gasteiger partial charge in [0.05, 0.1) is 6.10 Å². The van der Waals surface area contributed by atoms with Gasteiger partial charge in [0.2, 0.25) is 0 Å². The van der Waals surface area contributed by atoms with Gasteiger partial charge >= 0.3 is 0 Å². The van der Waals surface area contributed by atoms with Crippen molar-refractivity contribution >= 4 is 0 Å². The molecule has 3 atom stereocenters. The van der Waals surface area contributed by atoms with Crippen LogP contribution in [0.3, 0.4) is 0 Å². The molecule has 1 nitrogen and oxygen atoms in total. The van der Waals surface area contributed by atoms with Crippen LogP contribution in [0.1, 0.15) is 33.6 Å². The molecule has 0 amide bonds. The standard InChI is InChI=1S/C10H20O/c1-7(2)10-6-9(11-4)5-8(10)3/h7-10H,5-6H2,1-4H3. The molecule has 66 valence electrons. The molecule has 1 fully saturated rings. The fourth-order valence-electron chi connectivity index (χ4n) is 2.34. The summed E-state index contributed by atoms with van der Waals surface area (Å²) < 4.78 is 5.36. The third-order valence-corrected chi connectivity index (χ3v) is 3.09. The maximum atomic E-state index is 5.36. The van der Waals surface area contributed by atoms with Gasteiger partial charge in [0, 0.05) is 7.11 Å². The van der Waals surface area contributed by atoms with Gasteiger partial charge in [-0.3, -0.25) is 0 Å². The van der Waals surface area contributed by atoms with Crippen molar-refractivity contribution in [1.29, 1.82) is 0 Å². The minimum atomic E-state index is 0.539. The second-order valence-corrected chi connectivity index (χ2v) is 4.21. The maximum Gasteiger partial charge on any atom is 0.0576 e. The van der Waals surface area contributed by atoms with E-state index in [1.165, 1.54) is 12.8 Å². The van der Waals surface area contributed by atoms with E-state index in [1.807, 2.05) is 7.11 Å². The highest BCUT2D eigenvalue weighted by Gasteiger charge is 2.32. The van der Waals surface area contributed by atoms with Crippen LogP contribution in [-0.4, -0.2) is 13.2 Å². The summed E-state index contributed by atoms with van der Waals surface area (Å²) in [5.74, 6) is 2.57. The third kappa shape index (κ3) is 1.96. The molecule has 0 aromatic heterocycles. The number of methoxy groups -OCH3 is 1. The Kier molecular flexibility index (Phi) is 2.94. The highest BCUT2D eigenvalue weighted by atomic mass is 16.5. The van der Waals surface area contributed by atoms with Crippen LogP contribution in [0.5, 0.6) is 0 Å². The maximum absolute atomic E-state index is 5.36. The fourth-order valence-corrected chi connectivity index (χ4v) is 2.34. The summed E-state index contributed by atoms with van der Waals surface area (Å²) in [6, 6.07) is 0. The molecule has 11 heavy (non-hydrogen) atoms. The van der Waals surface area contributed by atoms with Gasteiger partial charge in [-0.2, -0.15) is 0 Å². The molecule has 0 heterocycles. The Labute approximate surface area is 70.1 Å². The monoisotopic (exact) mass is 156 g/mol. The summed E-state index contributed by atoms with van der Waals surface area (Å²) in [5, 5.41) is 0. The van der Waals surface area contributed by atoms with E-state index in [9.17, 15) is 0 Å². The highest BCUT2D eigenvalue weighted by Crippen LogP contribution is 2.37. The molecule has 0 radical (unpaired) electrons. The average molecular weight is 156 g/mol. The first-order valence-corrected chi connectivity index (χ1v) is 4.68. The highest BCUT2D eigenvalue weighted by molar-refractivity contribution is 4.83. The van der Waals surface area contributed by atoms with Crippen molar-refractivity contribution in [3.05, 3.63) is 0 Å². The molecular formula is C10H20O. The lowest BCUT2D eigenvalue weighted by Gasteiger charge is -2.18. The Morgan fingerprint density at radius 3 is 2.18 bits per heavy atom. The summed E-state index contributed by atoms with van der Waals surface area (Å²) in [6.07, 6.45) is 3.08. The van der Waals surface area contributed by atoms with Crippen LogP contribution in [0.4, 0.5) is 0 Å². The number of hydrogen-bond donors (Lipinski definition) is 0. The Morgan fingerprint density at radius 1 is 1.27 bits per heavy atom. The molecule has 3 unspecified atom stereocenters.